The molecule has 2 amide bonds. The minimum Gasteiger partial charge on any atom is -0.493 e. The fourth-order valence-corrected chi connectivity index (χ4v) is 3.77. The molecule has 0 saturated carbocycles. The fraction of sp³-hybridized carbons (Fsp3) is 0.318. The Balaban J connectivity index is 1.97. The van der Waals surface area contributed by atoms with Crippen molar-refractivity contribution >= 4 is 29.0 Å². The summed E-state index contributed by atoms with van der Waals surface area (Å²) in [6.45, 7) is 5.45. The van der Waals surface area contributed by atoms with E-state index in [0.717, 1.165) is 21.6 Å². The Hall–Kier alpha value is -3.55. The zero-order valence-electron chi connectivity index (χ0n) is 17.8. The Morgan fingerprint density at radius 1 is 0.933 bits per heavy atom. The average Bonchev–Trinajstić information content (AvgIpc) is 2.93. The van der Waals surface area contributed by atoms with Gasteiger partial charge >= 0.3 is 0 Å². The molecule has 2 aromatic rings. The second kappa shape index (κ2) is 8.06. The van der Waals surface area contributed by atoms with Crippen LogP contribution in [0, 0.1) is 20.8 Å². The highest BCUT2D eigenvalue weighted by Gasteiger charge is 2.42. The minimum atomic E-state index is -0.814. The Kier molecular flexibility index (Phi) is 5.69. The first-order valence-corrected chi connectivity index (χ1v) is 9.30. The largest absolute Gasteiger partial charge is 0.493 e. The van der Waals surface area contributed by atoms with Crippen LogP contribution in [-0.2, 0) is 9.59 Å². The highest BCUT2D eigenvalue weighted by Crippen LogP contribution is 2.47. The van der Waals surface area contributed by atoms with Crippen LogP contribution < -0.4 is 24.4 Å². The number of Topliss-reactive ketones (excluding diaryl/α,β-unsaturated/α-hetero) is 1. The van der Waals surface area contributed by atoms with E-state index in [0.29, 0.717) is 5.69 Å². The zero-order valence-corrected chi connectivity index (χ0v) is 17.8. The summed E-state index contributed by atoms with van der Waals surface area (Å²) in [5.74, 6) is -1.42. The maximum atomic E-state index is 12.7. The van der Waals surface area contributed by atoms with Crippen molar-refractivity contribution in [1.82, 2.24) is 0 Å². The van der Waals surface area contributed by atoms with Gasteiger partial charge in [-0.15, -0.1) is 0 Å². The molecule has 0 spiro atoms. The lowest BCUT2D eigenvalue weighted by Crippen LogP contribution is -2.37. The quantitative estimate of drug-likeness (QED) is 0.734. The van der Waals surface area contributed by atoms with Crippen molar-refractivity contribution in [2.75, 3.05) is 38.1 Å². The van der Waals surface area contributed by atoms with Crippen molar-refractivity contribution in [2.24, 2.45) is 0 Å². The maximum absolute atomic E-state index is 12.7. The van der Waals surface area contributed by atoms with Gasteiger partial charge < -0.3 is 19.5 Å². The SMILES string of the molecule is COc1cc2c(c(OC)c1OC)C(=O)C(=O)N2CC(=O)Nc1c(C)cc(C)cc1C. The number of aryl methyl sites for hydroxylation is 3. The van der Waals surface area contributed by atoms with Crippen molar-refractivity contribution in [3.8, 4) is 17.2 Å². The molecule has 8 heteroatoms. The maximum Gasteiger partial charge on any atom is 0.300 e. The van der Waals surface area contributed by atoms with Crippen molar-refractivity contribution in [2.45, 2.75) is 20.8 Å². The standard InChI is InChI=1S/C22H24N2O6/c1-11-7-12(2)18(13(3)8-11)23-16(25)10-24-14-9-15(28-4)20(29-5)21(30-6)17(14)19(26)22(24)27/h7-9H,10H2,1-6H3,(H,23,25). The van der Waals surface area contributed by atoms with E-state index in [2.05, 4.69) is 5.32 Å². The van der Waals surface area contributed by atoms with Gasteiger partial charge in [-0.05, 0) is 31.9 Å². The number of nitrogens with one attached hydrogen (secondary N) is 1. The number of carbonyl (C=O) groups is 3. The van der Waals surface area contributed by atoms with E-state index in [1.807, 2.05) is 32.9 Å². The average molecular weight is 412 g/mol. The lowest BCUT2D eigenvalue weighted by molar-refractivity contribution is -0.118. The molecule has 30 heavy (non-hydrogen) atoms. The smallest absolute Gasteiger partial charge is 0.300 e. The zero-order chi connectivity index (χ0) is 22.2. The van der Waals surface area contributed by atoms with E-state index in [9.17, 15) is 14.4 Å². The number of fused-ring (bicyclic) bond motifs is 1. The fourth-order valence-electron chi connectivity index (χ4n) is 3.77. The van der Waals surface area contributed by atoms with Crippen molar-refractivity contribution in [3.05, 3.63) is 40.5 Å². The lowest BCUT2D eigenvalue weighted by atomic mass is 10.1. The third kappa shape index (κ3) is 3.45. The summed E-state index contributed by atoms with van der Waals surface area (Å²) in [5, 5.41) is 2.85. The first-order valence-electron chi connectivity index (χ1n) is 9.30. The molecule has 1 aliphatic heterocycles. The summed E-state index contributed by atoms with van der Waals surface area (Å²) in [6.07, 6.45) is 0. The Labute approximate surface area is 174 Å². The second-order valence-electron chi connectivity index (χ2n) is 7.08. The Morgan fingerprint density at radius 2 is 1.53 bits per heavy atom. The summed E-state index contributed by atoms with van der Waals surface area (Å²) in [4.78, 5) is 39.2. The minimum absolute atomic E-state index is 0.0515. The highest BCUT2D eigenvalue weighted by molar-refractivity contribution is 6.53. The summed E-state index contributed by atoms with van der Waals surface area (Å²) >= 11 is 0. The van der Waals surface area contributed by atoms with Gasteiger partial charge in [-0.25, -0.2) is 0 Å². The van der Waals surface area contributed by atoms with Crippen LogP contribution in [-0.4, -0.2) is 45.5 Å². The number of amides is 2. The summed E-state index contributed by atoms with van der Waals surface area (Å²) in [5.41, 5.74) is 3.90. The number of hydrogen-bond donors (Lipinski definition) is 1. The Morgan fingerprint density at radius 3 is 2.07 bits per heavy atom. The van der Waals surface area contributed by atoms with Gasteiger partial charge in [-0.2, -0.15) is 0 Å². The van der Waals surface area contributed by atoms with Gasteiger partial charge in [0.25, 0.3) is 11.7 Å². The van der Waals surface area contributed by atoms with Crippen LogP contribution in [0.1, 0.15) is 27.0 Å². The molecule has 8 nitrogen and oxygen atoms in total. The molecule has 0 saturated heterocycles. The molecule has 1 aliphatic rings. The molecule has 1 N–H and O–H groups in total. The number of rotatable bonds is 6. The number of ketones is 1. The predicted molar refractivity (Wildman–Crippen MR) is 112 cm³/mol. The topological polar surface area (TPSA) is 94.2 Å². The molecule has 0 atom stereocenters. The van der Waals surface area contributed by atoms with Crippen LogP contribution in [0.25, 0.3) is 0 Å². The Bertz CT molecular complexity index is 1040. The molecule has 0 aromatic heterocycles. The number of carbonyl (C=O) groups excluding carboxylic acids is 3. The van der Waals surface area contributed by atoms with Crippen LogP contribution in [0.15, 0.2) is 18.2 Å². The first kappa shape index (κ1) is 21.2. The monoisotopic (exact) mass is 412 g/mol. The van der Waals surface area contributed by atoms with Gasteiger partial charge in [0, 0.05) is 11.8 Å². The molecular formula is C22H24N2O6. The van der Waals surface area contributed by atoms with Crippen molar-refractivity contribution in [3.63, 3.8) is 0 Å². The van der Waals surface area contributed by atoms with Crippen molar-refractivity contribution in [1.29, 1.82) is 0 Å². The third-order valence-electron chi connectivity index (χ3n) is 5.01. The molecular weight excluding hydrogens is 388 g/mol. The predicted octanol–water partition coefficient (Wildman–Crippen LogP) is 2.81. The van der Waals surface area contributed by atoms with E-state index in [1.165, 1.54) is 27.4 Å². The molecule has 3 rings (SSSR count). The van der Waals surface area contributed by atoms with Gasteiger partial charge in [0.15, 0.2) is 11.5 Å². The molecule has 0 fully saturated rings. The molecule has 158 valence electrons. The van der Waals surface area contributed by atoms with E-state index in [4.69, 9.17) is 14.2 Å². The van der Waals surface area contributed by atoms with Gasteiger partial charge in [-0.3, -0.25) is 19.3 Å². The van der Waals surface area contributed by atoms with Crippen molar-refractivity contribution < 1.29 is 28.6 Å². The third-order valence-corrected chi connectivity index (χ3v) is 5.01. The van der Waals surface area contributed by atoms with Gasteiger partial charge in [0.2, 0.25) is 11.7 Å². The summed E-state index contributed by atoms with van der Waals surface area (Å²) < 4.78 is 15.9. The van der Waals surface area contributed by atoms with Gasteiger partial charge in [-0.1, -0.05) is 17.7 Å². The molecule has 1 heterocycles. The van der Waals surface area contributed by atoms with Gasteiger partial charge in [0.05, 0.1) is 32.6 Å². The normalized spacial score (nSPS) is 12.7. The first-order chi connectivity index (χ1) is 14.2. The number of hydrogen-bond acceptors (Lipinski definition) is 6. The van der Waals surface area contributed by atoms with Crippen LogP contribution >= 0.6 is 0 Å². The van der Waals surface area contributed by atoms with Crippen LogP contribution in [0.5, 0.6) is 17.2 Å². The molecule has 0 unspecified atom stereocenters. The summed E-state index contributed by atoms with van der Waals surface area (Å²) in [7, 11) is 4.21. The number of nitrogens with zero attached hydrogens (tertiary/aromatic N) is 1. The van der Waals surface area contributed by atoms with E-state index in [1.54, 1.807) is 0 Å². The van der Waals surface area contributed by atoms with E-state index < -0.39 is 17.6 Å². The number of anilines is 2. The highest BCUT2D eigenvalue weighted by atomic mass is 16.5. The van der Waals surface area contributed by atoms with Gasteiger partial charge in [0.1, 0.15) is 6.54 Å². The number of methoxy groups -OCH3 is 3. The lowest BCUT2D eigenvalue weighted by Gasteiger charge is -2.20. The van der Waals surface area contributed by atoms with E-state index >= 15 is 0 Å². The summed E-state index contributed by atoms with van der Waals surface area (Å²) in [6, 6.07) is 5.42. The van der Waals surface area contributed by atoms with E-state index in [-0.39, 0.29) is 35.0 Å². The van der Waals surface area contributed by atoms with Crippen LogP contribution in [0.2, 0.25) is 0 Å². The number of benzene rings is 2. The van der Waals surface area contributed by atoms with Crippen LogP contribution in [0.3, 0.4) is 0 Å². The second-order valence-corrected chi connectivity index (χ2v) is 7.08. The molecule has 2 aromatic carbocycles. The molecule has 0 aliphatic carbocycles. The number of ether oxygens (including phenoxy) is 3. The molecule has 0 bridgehead atoms. The van der Waals surface area contributed by atoms with Crippen LogP contribution in [0.4, 0.5) is 11.4 Å². The molecule has 0 radical (unpaired) electrons.